The van der Waals surface area contributed by atoms with Crippen molar-refractivity contribution in [3.63, 3.8) is 0 Å². The van der Waals surface area contributed by atoms with Crippen LogP contribution in [0.1, 0.15) is 47.1 Å². The Hall–Kier alpha value is -2.43. The van der Waals surface area contributed by atoms with Crippen LogP contribution in [0.5, 0.6) is 0 Å². The third-order valence-corrected chi connectivity index (χ3v) is 8.60. The number of hydrogen-bond acceptors (Lipinski definition) is 6. The highest BCUT2D eigenvalue weighted by Crippen LogP contribution is 2.26. The van der Waals surface area contributed by atoms with Crippen molar-refractivity contribution in [1.82, 2.24) is 20.1 Å². The maximum absolute atomic E-state index is 13.3. The summed E-state index contributed by atoms with van der Waals surface area (Å²) in [6, 6.07) is 6.32. The number of carbonyl (C=O) groups excluding carboxylic acids is 2. The number of piperidine rings is 2. The normalized spacial score (nSPS) is 23.1. The second-order valence-electron chi connectivity index (χ2n) is 10.3. The summed E-state index contributed by atoms with van der Waals surface area (Å²) in [5.74, 6) is 0.484. The fourth-order valence-corrected chi connectivity index (χ4v) is 6.48. The smallest absolute Gasteiger partial charge is 0.321 e. The minimum absolute atomic E-state index is 0.0723. The van der Waals surface area contributed by atoms with Gasteiger partial charge in [-0.15, -0.1) is 0 Å². The Morgan fingerprint density at radius 2 is 1.92 bits per heavy atom. The lowest BCUT2D eigenvalue weighted by Crippen LogP contribution is -2.56. The number of aromatic nitrogens is 1. The van der Waals surface area contributed by atoms with Crippen molar-refractivity contribution in [3.05, 3.63) is 46.2 Å². The number of nitrogens with zero attached hydrogens (tertiary/aromatic N) is 3. The number of rotatable bonds is 9. The number of nitrogens with one attached hydrogen (secondary N) is 2. The Kier molecular flexibility index (Phi) is 9.61. The summed E-state index contributed by atoms with van der Waals surface area (Å²) < 4.78 is 26.3. The van der Waals surface area contributed by atoms with Crippen LogP contribution in [0.2, 0.25) is 0 Å². The van der Waals surface area contributed by atoms with Crippen molar-refractivity contribution in [2.75, 3.05) is 51.3 Å². The van der Waals surface area contributed by atoms with Gasteiger partial charge in [-0.05, 0) is 75.2 Å². The van der Waals surface area contributed by atoms with Crippen molar-refractivity contribution in [1.29, 1.82) is 0 Å². The molecule has 7 nitrogen and oxygen atoms in total. The lowest BCUT2D eigenvalue weighted by atomic mass is 9.87. The number of alkyl halides is 1. The highest BCUT2D eigenvalue weighted by molar-refractivity contribution is 7.17. The summed E-state index contributed by atoms with van der Waals surface area (Å²) in [5.41, 5.74) is 1.77. The van der Waals surface area contributed by atoms with Gasteiger partial charge in [-0.25, -0.2) is 18.6 Å². The molecule has 3 atom stereocenters. The molecule has 1 aromatic heterocycles. The van der Waals surface area contributed by atoms with Crippen LogP contribution < -0.4 is 10.6 Å². The van der Waals surface area contributed by atoms with E-state index in [2.05, 4.69) is 25.4 Å². The molecule has 0 unspecified atom stereocenters. The van der Waals surface area contributed by atoms with Crippen molar-refractivity contribution >= 4 is 28.3 Å². The zero-order chi connectivity index (χ0) is 26.4. The fraction of sp³-hybridized carbons (Fsp3) is 0.593. The molecule has 3 heterocycles. The van der Waals surface area contributed by atoms with Crippen LogP contribution in [0.25, 0.3) is 0 Å². The Bertz CT molecular complexity index is 1060. The molecule has 0 spiro atoms. The highest BCUT2D eigenvalue weighted by Gasteiger charge is 2.33. The Balaban J connectivity index is 1.36. The van der Waals surface area contributed by atoms with Gasteiger partial charge in [-0.3, -0.25) is 15.0 Å². The van der Waals surface area contributed by atoms with Gasteiger partial charge in [-0.1, -0.05) is 23.5 Å². The van der Waals surface area contributed by atoms with Crippen LogP contribution in [-0.4, -0.2) is 78.6 Å². The number of aryl methyl sites for hydroxylation is 1. The zero-order valence-electron chi connectivity index (χ0n) is 21.6. The molecular formula is C27H37F2N5O2S. The predicted octanol–water partition coefficient (Wildman–Crippen LogP) is 4.53. The molecule has 2 aromatic rings. The second-order valence-corrected chi connectivity index (χ2v) is 11.3. The molecule has 0 radical (unpaired) electrons. The quantitative estimate of drug-likeness (QED) is 0.463. The first-order valence-electron chi connectivity index (χ1n) is 13.1. The van der Waals surface area contributed by atoms with Gasteiger partial charge in [-0.2, -0.15) is 0 Å². The van der Waals surface area contributed by atoms with Gasteiger partial charge in [0.1, 0.15) is 12.5 Å². The lowest BCUT2D eigenvalue weighted by Gasteiger charge is -2.42. The number of benzene rings is 1. The van der Waals surface area contributed by atoms with Crippen molar-refractivity contribution < 1.29 is 18.4 Å². The minimum Gasteiger partial charge on any atom is -0.333 e. The van der Waals surface area contributed by atoms with E-state index in [1.165, 1.54) is 30.4 Å². The molecule has 2 amide bonds. The number of halogens is 2. The summed E-state index contributed by atoms with van der Waals surface area (Å²) in [6.45, 7) is 7.49. The molecule has 0 bridgehead atoms. The van der Waals surface area contributed by atoms with E-state index < -0.39 is 6.67 Å². The first kappa shape index (κ1) is 27.6. The van der Waals surface area contributed by atoms with E-state index in [1.54, 1.807) is 6.92 Å². The highest BCUT2D eigenvalue weighted by atomic mass is 32.1. The summed E-state index contributed by atoms with van der Waals surface area (Å²) in [7, 11) is 0. The van der Waals surface area contributed by atoms with Crippen LogP contribution in [0.3, 0.4) is 0 Å². The van der Waals surface area contributed by atoms with Gasteiger partial charge < -0.3 is 10.2 Å². The van der Waals surface area contributed by atoms with E-state index in [-0.39, 0.29) is 29.6 Å². The third kappa shape index (κ3) is 7.78. The van der Waals surface area contributed by atoms with Crippen molar-refractivity contribution in [3.8, 4) is 0 Å². The summed E-state index contributed by atoms with van der Waals surface area (Å²) in [4.78, 5) is 34.0. The molecule has 37 heavy (non-hydrogen) atoms. The zero-order valence-corrected chi connectivity index (χ0v) is 22.5. The molecule has 4 rings (SSSR count). The Morgan fingerprint density at radius 1 is 1.14 bits per heavy atom. The number of carbonyl (C=O) groups is 2. The van der Waals surface area contributed by atoms with E-state index in [9.17, 15) is 18.4 Å². The first-order chi connectivity index (χ1) is 17.8. The Labute approximate surface area is 221 Å². The molecular weight excluding hydrogens is 496 g/mol. The Morgan fingerprint density at radius 3 is 2.62 bits per heavy atom. The number of ketones is 1. The minimum atomic E-state index is -0.410. The van der Waals surface area contributed by atoms with Crippen LogP contribution >= 0.6 is 11.3 Å². The third-order valence-electron chi connectivity index (χ3n) is 7.43. The molecule has 2 saturated heterocycles. The van der Waals surface area contributed by atoms with E-state index in [0.717, 1.165) is 57.4 Å². The molecule has 2 aliphatic heterocycles. The SMILES string of the molecule is CC(=O)c1sc(NC(=O)N[C@H]2CN(CCF)CC[C@H]2CN2CCC[C@@H](Cc3ccc(F)cc3)C2)nc1C. The summed E-state index contributed by atoms with van der Waals surface area (Å²) >= 11 is 1.18. The lowest BCUT2D eigenvalue weighted by molar-refractivity contribution is 0.0874. The first-order valence-corrected chi connectivity index (χ1v) is 13.9. The second kappa shape index (κ2) is 12.9. The standard InChI is InChI=1S/C27H37F2N5O2S/c1-18-25(19(2)35)37-27(30-18)32-26(36)31-24-17-33(13-10-28)12-9-22(24)16-34-11-3-4-21(15-34)14-20-5-7-23(29)8-6-20/h5-8,21-22,24H,3-4,9-17H2,1-2H3,(H2,30,31,32,36)/t21-,22-,24-/m0/s1. The average molecular weight is 534 g/mol. The number of likely N-dealkylation sites (tertiary alicyclic amines) is 2. The maximum atomic E-state index is 13.3. The number of urea groups is 1. The number of amides is 2. The molecule has 202 valence electrons. The number of hydrogen-bond donors (Lipinski definition) is 2. The van der Waals surface area contributed by atoms with Crippen molar-refractivity contribution in [2.24, 2.45) is 11.8 Å². The van der Waals surface area contributed by atoms with Crippen LogP contribution in [0.4, 0.5) is 18.7 Å². The van der Waals surface area contributed by atoms with E-state index in [4.69, 9.17) is 0 Å². The maximum Gasteiger partial charge on any atom is 0.321 e. The molecule has 1 aromatic carbocycles. The van der Waals surface area contributed by atoms with Crippen molar-refractivity contribution in [2.45, 2.75) is 45.6 Å². The molecule has 2 fully saturated rings. The molecule has 10 heteroatoms. The largest absolute Gasteiger partial charge is 0.333 e. The number of Topliss-reactive ketones (excluding diaryl/α,β-unsaturated/α-hetero) is 1. The summed E-state index contributed by atoms with van der Waals surface area (Å²) in [5, 5.41) is 6.30. The van der Waals surface area contributed by atoms with Gasteiger partial charge >= 0.3 is 6.03 Å². The monoisotopic (exact) mass is 533 g/mol. The van der Waals surface area contributed by atoms with Gasteiger partial charge in [0.25, 0.3) is 0 Å². The molecule has 0 aliphatic carbocycles. The van der Waals surface area contributed by atoms with E-state index in [1.807, 2.05) is 12.1 Å². The molecule has 2 N–H and O–H groups in total. The summed E-state index contributed by atoms with van der Waals surface area (Å²) in [6.07, 6.45) is 4.09. The molecule has 2 aliphatic rings. The predicted molar refractivity (Wildman–Crippen MR) is 143 cm³/mol. The fourth-order valence-electron chi connectivity index (χ4n) is 5.62. The van der Waals surface area contributed by atoms with E-state index in [0.29, 0.717) is 34.7 Å². The van der Waals surface area contributed by atoms with Gasteiger partial charge in [0.05, 0.1) is 10.6 Å². The molecule has 0 saturated carbocycles. The van der Waals surface area contributed by atoms with Gasteiger partial charge in [0, 0.05) is 39.1 Å². The van der Waals surface area contributed by atoms with E-state index >= 15 is 0 Å². The average Bonchev–Trinajstić information content (AvgIpc) is 3.22. The van der Waals surface area contributed by atoms with Gasteiger partial charge in [0.2, 0.25) is 0 Å². The van der Waals surface area contributed by atoms with Gasteiger partial charge in [0.15, 0.2) is 10.9 Å². The number of anilines is 1. The van der Waals surface area contributed by atoms with Crippen LogP contribution in [0.15, 0.2) is 24.3 Å². The topological polar surface area (TPSA) is 77.6 Å². The van der Waals surface area contributed by atoms with Crippen LogP contribution in [-0.2, 0) is 6.42 Å². The number of thiazole rings is 1. The van der Waals surface area contributed by atoms with Crippen LogP contribution in [0, 0.1) is 24.6 Å².